The topological polar surface area (TPSA) is 62.2 Å². The number of aromatic carboxylic acids is 1. The minimum atomic E-state index is -1.11. The maximum Gasteiger partial charge on any atom is 0.339 e. The average molecular weight is 260 g/mol. The van der Waals surface area contributed by atoms with Gasteiger partial charge in [0.15, 0.2) is 0 Å². The number of carboxylic acids is 1. The molecule has 0 saturated carbocycles. The van der Waals surface area contributed by atoms with E-state index in [1.165, 1.54) is 6.20 Å². The summed E-state index contributed by atoms with van der Waals surface area (Å²) in [6.45, 7) is 3.39. The Morgan fingerprint density at radius 3 is 2.74 bits per heavy atom. The summed E-state index contributed by atoms with van der Waals surface area (Å²) in [5.41, 5.74) is 1.72. The second-order valence-electron chi connectivity index (χ2n) is 4.24. The van der Waals surface area contributed by atoms with Crippen molar-refractivity contribution in [3.05, 3.63) is 53.1 Å². The van der Waals surface area contributed by atoms with Gasteiger partial charge >= 0.3 is 5.97 Å². The van der Waals surface area contributed by atoms with Crippen molar-refractivity contribution in [1.82, 2.24) is 4.98 Å². The number of rotatable bonds is 3. The van der Waals surface area contributed by atoms with Crippen molar-refractivity contribution >= 4 is 17.3 Å². The van der Waals surface area contributed by atoms with E-state index in [4.69, 9.17) is 5.11 Å². The van der Waals surface area contributed by atoms with E-state index in [0.717, 1.165) is 0 Å². The zero-order valence-electron chi connectivity index (χ0n) is 10.6. The fraction of sp³-hybridized carbons (Fsp3) is 0.143. The third kappa shape index (κ3) is 2.70. The van der Waals surface area contributed by atoms with Crippen molar-refractivity contribution in [2.24, 2.45) is 0 Å². The van der Waals surface area contributed by atoms with Crippen LogP contribution in [0.15, 0.2) is 30.5 Å². The molecule has 0 aliphatic rings. The highest BCUT2D eigenvalue weighted by Crippen LogP contribution is 2.24. The maximum absolute atomic E-state index is 13.9. The predicted octanol–water partition coefficient (Wildman–Crippen LogP) is 3.28. The minimum Gasteiger partial charge on any atom is -0.478 e. The number of anilines is 2. The first-order chi connectivity index (χ1) is 8.99. The fourth-order valence-electron chi connectivity index (χ4n) is 1.72. The SMILES string of the molecule is Cc1cc(Nc2cccc(C)c2F)c(C(=O)O)cn1. The van der Waals surface area contributed by atoms with E-state index in [1.54, 1.807) is 38.1 Å². The minimum absolute atomic E-state index is 0.00602. The summed E-state index contributed by atoms with van der Waals surface area (Å²) >= 11 is 0. The lowest BCUT2D eigenvalue weighted by Crippen LogP contribution is -2.05. The van der Waals surface area contributed by atoms with Crippen LogP contribution < -0.4 is 5.32 Å². The smallest absolute Gasteiger partial charge is 0.339 e. The zero-order chi connectivity index (χ0) is 14.0. The van der Waals surface area contributed by atoms with E-state index in [9.17, 15) is 9.18 Å². The van der Waals surface area contributed by atoms with Gasteiger partial charge in [0.05, 0.1) is 11.4 Å². The number of carboxylic acid groups (broad SMARTS) is 1. The Labute approximate surface area is 109 Å². The molecule has 1 heterocycles. The molecule has 0 spiro atoms. The van der Waals surface area contributed by atoms with Crippen molar-refractivity contribution < 1.29 is 14.3 Å². The molecule has 0 fully saturated rings. The highest BCUT2D eigenvalue weighted by molar-refractivity contribution is 5.94. The molecule has 0 aliphatic heterocycles. The molecule has 0 aliphatic carbocycles. The molecule has 0 bridgehead atoms. The standard InChI is InChI=1S/C14H13FN2O2/c1-8-4-3-5-11(13(8)15)17-12-6-9(2)16-7-10(12)14(18)19/h3-7H,1-2H3,(H,16,17)(H,18,19). The lowest BCUT2D eigenvalue weighted by Gasteiger charge is -2.11. The summed E-state index contributed by atoms with van der Waals surface area (Å²) in [4.78, 5) is 15.0. The van der Waals surface area contributed by atoms with Gasteiger partial charge in [0.1, 0.15) is 11.4 Å². The molecule has 0 unspecified atom stereocenters. The van der Waals surface area contributed by atoms with Gasteiger partial charge in [-0.15, -0.1) is 0 Å². The Kier molecular flexibility index (Phi) is 3.46. The summed E-state index contributed by atoms with van der Waals surface area (Å²) in [6, 6.07) is 6.49. The van der Waals surface area contributed by atoms with Crippen LogP contribution in [0.5, 0.6) is 0 Å². The van der Waals surface area contributed by atoms with Crippen LogP contribution in [-0.4, -0.2) is 16.1 Å². The lowest BCUT2D eigenvalue weighted by molar-refractivity contribution is 0.0697. The third-order valence-corrected chi connectivity index (χ3v) is 2.73. The van der Waals surface area contributed by atoms with Gasteiger partial charge in [-0.25, -0.2) is 9.18 Å². The number of hydrogen-bond acceptors (Lipinski definition) is 3. The molecule has 2 rings (SSSR count). The van der Waals surface area contributed by atoms with Crippen LogP contribution in [0.1, 0.15) is 21.6 Å². The first-order valence-electron chi connectivity index (χ1n) is 5.71. The zero-order valence-corrected chi connectivity index (χ0v) is 10.6. The van der Waals surface area contributed by atoms with E-state index >= 15 is 0 Å². The van der Waals surface area contributed by atoms with Crippen molar-refractivity contribution in [1.29, 1.82) is 0 Å². The number of halogens is 1. The molecule has 0 saturated heterocycles. The molecular formula is C14H13FN2O2. The normalized spacial score (nSPS) is 10.3. The van der Waals surface area contributed by atoms with Gasteiger partial charge in [-0.3, -0.25) is 4.98 Å². The van der Waals surface area contributed by atoms with Crippen LogP contribution >= 0.6 is 0 Å². The van der Waals surface area contributed by atoms with Crippen LogP contribution in [-0.2, 0) is 0 Å². The molecular weight excluding hydrogens is 247 g/mol. The Morgan fingerprint density at radius 2 is 2.05 bits per heavy atom. The van der Waals surface area contributed by atoms with Gasteiger partial charge < -0.3 is 10.4 Å². The second-order valence-corrected chi connectivity index (χ2v) is 4.24. The Bertz CT molecular complexity index is 641. The van der Waals surface area contributed by atoms with Crippen LogP contribution in [0, 0.1) is 19.7 Å². The average Bonchev–Trinajstić information content (AvgIpc) is 2.35. The van der Waals surface area contributed by atoms with Crippen LogP contribution in [0.25, 0.3) is 0 Å². The monoisotopic (exact) mass is 260 g/mol. The van der Waals surface area contributed by atoms with Crippen LogP contribution in [0.4, 0.5) is 15.8 Å². The summed E-state index contributed by atoms with van der Waals surface area (Å²) in [7, 11) is 0. The first-order valence-corrected chi connectivity index (χ1v) is 5.71. The van der Waals surface area contributed by atoms with Crippen molar-refractivity contribution in [2.45, 2.75) is 13.8 Å². The maximum atomic E-state index is 13.9. The van der Waals surface area contributed by atoms with Gasteiger partial charge in [0.2, 0.25) is 0 Å². The predicted molar refractivity (Wildman–Crippen MR) is 70.4 cm³/mol. The van der Waals surface area contributed by atoms with E-state index in [1.807, 2.05) is 0 Å². The van der Waals surface area contributed by atoms with E-state index in [-0.39, 0.29) is 11.3 Å². The van der Waals surface area contributed by atoms with Crippen molar-refractivity contribution in [3.63, 3.8) is 0 Å². The van der Waals surface area contributed by atoms with Gasteiger partial charge in [0, 0.05) is 11.9 Å². The molecule has 2 N–H and O–H groups in total. The summed E-state index contributed by atoms with van der Waals surface area (Å²) in [5, 5.41) is 11.9. The molecule has 2 aromatic rings. The third-order valence-electron chi connectivity index (χ3n) is 2.73. The first kappa shape index (κ1) is 13.0. The van der Waals surface area contributed by atoms with Crippen molar-refractivity contribution in [2.75, 3.05) is 5.32 Å². The van der Waals surface area contributed by atoms with Crippen molar-refractivity contribution in [3.8, 4) is 0 Å². The van der Waals surface area contributed by atoms with E-state index < -0.39 is 11.8 Å². The molecule has 1 aromatic carbocycles. The molecule has 19 heavy (non-hydrogen) atoms. The van der Waals surface area contributed by atoms with E-state index in [2.05, 4.69) is 10.3 Å². The van der Waals surface area contributed by atoms with Gasteiger partial charge in [-0.1, -0.05) is 12.1 Å². The highest BCUT2D eigenvalue weighted by Gasteiger charge is 2.13. The number of nitrogens with zero attached hydrogens (tertiary/aromatic N) is 1. The number of hydrogen-bond donors (Lipinski definition) is 2. The largest absolute Gasteiger partial charge is 0.478 e. The number of carbonyl (C=O) groups is 1. The molecule has 1 aromatic heterocycles. The number of benzene rings is 1. The number of aryl methyl sites for hydroxylation is 2. The number of pyridine rings is 1. The molecule has 98 valence electrons. The Balaban J connectivity index is 2.45. The Hall–Kier alpha value is -2.43. The molecule has 0 radical (unpaired) electrons. The van der Waals surface area contributed by atoms with Gasteiger partial charge in [-0.05, 0) is 31.5 Å². The van der Waals surface area contributed by atoms with Crippen LogP contribution in [0.2, 0.25) is 0 Å². The fourth-order valence-corrected chi connectivity index (χ4v) is 1.72. The molecule has 0 amide bonds. The van der Waals surface area contributed by atoms with Crippen LogP contribution in [0.3, 0.4) is 0 Å². The summed E-state index contributed by atoms with van der Waals surface area (Å²) < 4.78 is 13.9. The summed E-state index contributed by atoms with van der Waals surface area (Å²) in [5.74, 6) is -1.50. The summed E-state index contributed by atoms with van der Waals surface area (Å²) in [6.07, 6.45) is 1.26. The second kappa shape index (κ2) is 5.06. The van der Waals surface area contributed by atoms with Gasteiger partial charge in [-0.2, -0.15) is 0 Å². The molecule has 5 heteroatoms. The molecule has 0 atom stereocenters. The number of aromatic nitrogens is 1. The lowest BCUT2D eigenvalue weighted by atomic mass is 10.1. The quantitative estimate of drug-likeness (QED) is 0.889. The molecule has 4 nitrogen and oxygen atoms in total. The Morgan fingerprint density at radius 1 is 1.32 bits per heavy atom. The highest BCUT2D eigenvalue weighted by atomic mass is 19.1. The van der Waals surface area contributed by atoms with E-state index in [0.29, 0.717) is 16.9 Å². The van der Waals surface area contributed by atoms with Gasteiger partial charge in [0.25, 0.3) is 0 Å². The number of nitrogens with one attached hydrogen (secondary N) is 1.